The SMILES string of the molecule is O=C(/C=C/c1ccc(S(=O)(=O)N2CCCCCC2)cc1)Nc1c(F)cccc1N1CCCC1. The summed E-state index contributed by atoms with van der Waals surface area (Å²) in [6.45, 7) is 2.79. The van der Waals surface area contributed by atoms with E-state index in [1.807, 2.05) is 6.07 Å². The highest BCUT2D eigenvalue weighted by Crippen LogP contribution is 2.31. The quantitative estimate of drug-likeness (QED) is 0.623. The van der Waals surface area contributed by atoms with E-state index in [1.165, 1.54) is 12.1 Å². The lowest BCUT2D eigenvalue weighted by Gasteiger charge is -2.21. The monoisotopic (exact) mass is 471 g/mol. The number of rotatable bonds is 6. The molecule has 6 nitrogen and oxygen atoms in total. The molecule has 2 heterocycles. The molecule has 8 heteroatoms. The van der Waals surface area contributed by atoms with E-state index >= 15 is 0 Å². The molecule has 0 atom stereocenters. The Balaban J connectivity index is 1.43. The Hall–Kier alpha value is -2.71. The van der Waals surface area contributed by atoms with E-state index in [0.29, 0.717) is 24.3 Å². The molecule has 2 aliphatic heterocycles. The highest BCUT2D eigenvalue weighted by Gasteiger charge is 2.25. The number of amides is 1. The zero-order chi connectivity index (χ0) is 23.3. The average Bonchev–Trinajstić information content (AvgIpc) is 3.20. The standard InChI is InChI=1S/C25H30FN3O3S/c26-22-8-7-9-23(28-16-5-6-17-28)25(22)27-24(30)15-12-20-10-13-21(14-11-20)33(31,32)29-18-3-1-2-4-19-29/h7-15H,1-6,16-19H2,(H,27,30)/b15-12+. The lowest BCUT2D eigenvalue weighted by atomic mass is 10.2. The van der Waals surface area contributed by atoms with Gasteiger partial charge in [0.05, 0.1) is 10.6 Å². The highest BCUT2D eigenvalue weighted by molar-refractivity contribution is 7.89. The zero-order valence-electron chi connectivity index (χ0n) is 18.7. The molecule has 0 unspecified atom stereocenters. The van der Waals surface area contributed by atoms with Crippen LogP contribution in [0.2, 0.25) is 0 Å². The Bertz CT molecular complexity index is 1100. The molecular weight excluding hydrogens is 441 g/mol. The second-order valence-corrected chi connectivity index (χ2v) is 10.5. The summed E-state index contributed by atoms with van der Waals surface area (Å²) in [7, 11) is -3.51. The van der Waals surface area contributed by atoms with Gasteiger partial charge in [0, 0.05) is 32.3 Å². The van der Waals surface area contributed by atoms with Crippen molar-refractivity contribution in [3.8, 4) is 0 Å². The van der Waals surface area contributed by atoms with Crippen LogP contribution in [0.4, 0.5) is 15.8 Å². The van der Waals surface area contributed by atoms with E-state index in [0.717, 1.165) is 51.6 Å². The molecule has 176 valence electrons. The first kappa shape index (κ1) is 23.4. The fraction of sp³-hybridized carbons (Fsp3) is 0.400. The Morgan fingerprint density at radius 1 is 0.879 bits per heavy atom. The van der Waals surface area contributed by atoms with Crippen LogP contribution in [0.1, 0.15) is 44.1 Å². The molecule has 2 aromatic carbocycles. The van der Waals surface area contributed by atoms with Gasteiger partial charge in [0.15, 0.2) is 0 Å². The normalized spacial score (nSPS) is 17.9. The molecule has 0 saturated carbocycles. The fourth-order valence-electron chi connectivity index (χ4n) is 4.38. The van der Waals surface area contributed by atoms with Crippen LogP contribution in [-0.2, 0) is 14.8 Å². The summed E-state index contributed by atoms with van der Waals surface area (Å²) in [5.74, 6) is -0.911. The number of anilines is 2. The van der Waals surface area contributed by atoms with Crippen LogP contribution in [0.5, 0.6) is 0 Å². The zero-order valence-corrected chi connectivity index (χ0v) is 19.5. The van der Waals surface area contributed by atoms with Crippen LogP contribution in [0, 0.1) is 5.82 Å². The summed E-state index contributed by atoms with van der Waals surface area (Å²) < 4.78 is 41.8. The molecule has 2 fully saturated rings. The topological polar surface area (TPSA) is 69.7 Å². The van der Waals surface area contributed by atoms with Gasteiger partial charge in [0.2, 0.25) is 15.9 Å². The summed E-state index contributed by atoms with van der Waals surface area (Å²) in [6, 6.07) is 11.3. The summed E-state index contributed by atoms with van der Waals surface area (Å²) in [5, 5.41) is 2.67. The van der Waals surface area contributed by atoms with Crippen molar-refractivity contribution in [3.63, 3.8) is 0 Å². The molecular formula is C25H30FN3O3S. The van der Waals surface area contributed by atoms with Crippen LogP contribution in [0.25, 0.3) is 6.08 Å². The lowest BCUT2D eigenvalue weighted by molar-refractivity contribution is -0.111. The summed E-state index contributed by atoms with van der Waals surface area (Å²) in [4.78, 5) is 14.8. The molecule has 4 rings (SSSR count). The van der Waals surface area contributed by atoms with Gasteiger partial charge in [-0.1, -0.05) is 31.0 Å². The van der Waals surface area contributed by atoms with E-state index < -0.39 is 21.7 Å². The number of carbonyl (C=O) groups excluding carboxylic acids is 1. The Labute approximate surface area is 195 Å². The van der Waals surface area contributed by atoms with Gasteiger partial charge < -0.3 is 10.2 Å². The molecule has 1 N–H and O–H groups in total. The van der Waals surface area contributed by atoms with E-state index in [1.54, 1.807) is 40.7 Å². The maximum Gasteiger partial charge on any atom is 0.248 e. The van der Waals surface area contributed by atoms with E-state index in [9.17, 15) is 17.6 Å². The number of hydrogen-bond donors (Lipinski definition) is 1. The second-order valence-electron chi connectivity index (χ2n) is 8.54. The summed E-state index contributed by atoms with van der Waals surface area (Å²) in [5.41, 5.74) is 1.57. The third kappa shape index (κ3) is 5.62. The minimum atomic E-state index is -3.51. The van der Waals surface area contributed by atoms with Gasteiger partial charge in [-0.15, -0.1) is 0 Å². The molecule has 33 heavy (non-hydrogen) atoms. The third-order valence-electron chi connectivity index (χ3n) is 6.20. The second kappa shape index (κ2) is 10.5. The number of para-hydroxylation sites is 1. The maximum absolute atomic E-state index is 14.4. The van der Waals surface area contributed by atoms with Gasteiger partial charge in [-0.3, -0.25) is 4.79 Å². The molecule has 2 saturated heterocycles. The molecule has 0 aliphatic carbocycles. The van der Waals surface area contributed by atoms with Crippen molar-refractivity contribution in [2.75, 3.05) is 36.4 Å². The van der Waals surface area contributed by atoms with E-state index in [4.69, 9.17) is 0 Å². The maximum atomic E-state index is 14.4. The van der Waals surface area contributed by atoms with Crippen LogP contribution in [-0.4, -0.2) is 44.8 Å². The summed E-state index contributed by atoms with van der Waals surface area (Å²) >= 11 is 0. The molecule has 0 aromatic heterocycles. The molecule has 1 amide bonds. The lowest BCUT2D eigenvalue weighted by Crippen LogP contribution is -2.31. The Kier molecular flexibility index (Phi) is 7.45. The van der Waals surface area contributed by atoms with Crippen LogP contribution in [0.3, 0.4) is 0 Å². The predicted molar refractivity (Wildman–Crippen MR) is 129 cm³/mol. The van der Waals surface area contributed by atoms with Crippen molar-refractivity contribution in [3.05, 3.63) is 59.9 Å². The van der Waals surface area contributed by atoms with Crippen LogP contribution < -0.4 is 10.2 Å². The molecule has 0 bridgehead atoms. The number of hydrogen-bond acceptors (Lipinski definition) is 4. The van der Waals surface area contributed by atoms with Crippen LogP contribution in [0.15, 0.2) is 53.4 Å². The first-order valence-corrected chi connectivity index (χ1v) is 13.0. The van der Waals surface area contributed by atoms with Gasteiger partial charge in [-0.25, -0.2) is 12.8 Å². The first-order chi connectivity index (χ1) is 15.9. The van der Waals surface area contributed by atoms with Crippen molar-refractivity contribution in [1.29, 1.82) is 0 Å². The molecule has 0 radical (unpaired) electrons. The predicted octanol–water partition coefficient (Wildman–Crippen LogP) is 4.64. The first-order valence-electron chi connectivity index (χ1n) is 11.6. The highest BCUT2D eigenvalue weighted by atomic mass is 32.2. The number of nitrogens with zero attached hydrogens (tertiary/aromatic N) is 2. The van der Waals surface area contributed by atoms with Crippen molar-refractivity contribution in [1.82, 2.24) is 4.31 Å². The van der Waals surface area contributed by atoms with E-state index in [-0.39, 0.29) is 10.6 Å². The van der Waals surface area contributed by atoms with Gasteiger partial charge in [0.25, 0.3) is 0 Å². The number of benzene rings is 2. The number of sulfonamides is 1. The van der Waals surface area contributed by atoms with Crippen molar-refractivity contribution >= 4 is 33.4 Å². The Morgan fingerprint density at radius 2 is 1.52 bits per heavy atom. The molecule has 2 aromatic rings. The van der Waals surface area contributed by atoms with Crippen molar-refractivity contribution in [2.24, 2.45) is 0 Å². The number of carbonyl (C=O) groups is 1. The number of halogens is 1. The van der Waals surface area contributed by atoms with Crippen LogP contribution >= 0.6 is 0 Å². The largest absolute Gasteiger partial charge is 0.370 e. The third-order valence-corrected chi connectivity index (χ3v) is 8.11. The molecule has 2 aliphatic rings. The smallest absolute Gasteiger partial charge is 0.248 e. The Morgan fingerprint density at radius 3 is 2.18 bits per heavy atom. The van der Waals surface area contributed by atoms with Gasteiger partial charge in [-0.05, 0) is 61.6 Å². The van der Waals surface area contributed by atoms with Gasteiger partial charge in [-0.2, -0.15) is 4.31 Å². The van der Waals surface area contributed by atoms with Crippen molar-refractivity contribution in [2.45, 2.75) is 43.4 Å². The number of nitrogens with one attached hydrogen (secondary N) is 1. The van der Waals surface area contributed by atoms with Crippen molar-refractivity contribution < 1.29 is 17.6 Å². The average molecular weight is 472 g/mol. The minimum Gasteiger partial charge on any atom is -0.370 e. The summed E-state index contributed by atoms with van der Waals surface area (Å²) in [6.07, 6.45) is 8.91. The fourth-order valence-corrected chi connectivity index (χ4v) is 5.89. The van der Waals surface area contributed by atoms with Gasteiger partial charge >= 0.3 is 0 Å². The van der Waals surface area contributed by atoms with Gasteiger partial charge in [0.1, 0.15) is 11.5 Å². The minimum absolute atomic E-state index is 0.188. The van der Waals surface area contributed by atoms with E-state index in [2.05, 4.69) is 10.2 Å². The molecule has 0 spiro atoms.